The molecule has 1 aliphatic heterocycles. The number of aromatic nitrogens is 1. The van der Waals surface area contributed by atoms with Crippen LogP contribution in [-0.4, -0.2) is 36.7 Å². The van der Waals surface area contributed by atoms with Crippen molar-refractivity contribution in [1.29, 1.82) is 0 Å². The number of amides is 1. The molecule has 126 valence electrons. The molecule has 24 heavy (non-hydrogen) atoms. The second kappa shape index (κ2) is 7.31. The first-order valence-electron chi connectivity index (χ1n) is 7.46. The molecule has 1 N–H and O–H groups in total. The molecule has 7 nitrogen and oxygen atoms in total. The smallest absolute Gasteiger partial charge is 0.311 e. The van der Waals surface area contributed by atoms with Crippen LogP contribution in [0.5, 0.6) is 11.5 Å². The lowest BCUT2D eigenvalue weighted by atomic mass is 10.2. The second-order valence-corrected chi connectivity index (χ2v) is 5.80. The molecule has 1 aliphatic rings. The van der Waals surface area contributed by atoms with Crippen molar-refractivity contribution in [2.45, 2.75) is 13.3 Å². The van der Waals surface area contributed by atoms with Gasteiger partial charge in [0.15, 0.2) is 16.6 Å². The Morgan fingerprint density at radius 1 is 1.29 bits per heavy atom. The van der Waals surface area contributed by atoms with Crippen molar-refractivity contribution in [3.05, 3.63) is 34.8 Å². The third-order valence-electron chi connectivity index (χ3n) is 3.21. The first-order valence-corrected chi connectivity index (χ1v) is 8.34. The standard InChI is InChI=1S/C16H16N2O5S/c1-2-21-14(19)8-11-9-24-16(17-11)18-15(20)10-3-4-12-13(7-10)23-6-5-22-12/h3-4,7,9H,2,5-6,8H2,1H3,(H,17,18,20). The van der Waals surface area contributed by atoms with Gasteiger partial charge in [-0.2, -0.15) is 0 Å². The number of benzene rings is 1. The number of fused-ring (bicyclic) bond motifs is 1. The van der Waals surface area contributed by atoms with Crippen LogP contribution in [0.25, 0.3) is 0 Å². The minimum absolute atomic E-state index is 0.0875. The van der Waals surface area contributed by atoms with Crippen molar-refractivity contribution in [3.63, 3.8) is 0 Å². The summed E-state index contributed by atoms with van der Waals surface area (Å²) in [4.78, 5) is 27.9. The van der Waals surface area contributed by atoms with Crippen molar-refractivity contribution in [2.75, 3.05) is 25.1 Å². The minimum atomic E-state index is -0.340. The highest BCUT2D eigenvalue weighted by molar-refractivity contribution is 7.14. The Hall–Kier alpha value is -2.61. The summed E-state index contributed by atoms with van der Waals surface area (Å²) in [6.45, 7) is 3.04. The van der Waals surface area contributed by atoms with Gasteiger partial charge in [0, 0.05) is 10.9 Å². The number of hydrogen-bond donors (Lipinski definition) is 1. The molecule has 2 heterocycles. The molecule has 0 saturated heterocycles. The van der Waals surface area contributed by atoms with Gasteiger partial charge in [0.1, 0.15) is 13.2 Å². The Kier molecular flexibility index (Phi) is 4.95. The van der Waals surface area contributed by atoms with Crippen LogP contribution in [0.3, 0.4) is 0 Å². The Morgan fingerprint density at radius 3 is 2.88 bits per heavy atom. The molecule has 2 aromatic rings. The van der Waals surface area contributed by atoms with E-state index in [1.165, 1.54) is 11.3 Å². The third kappa shape index (κ3) is 3.83. The summed E-state index contributed by atoms with van der Waals surface area (Å²) in [7, 11) is 0. The molecular formula is C16H16N2O5S. The normalized spacial score (nSPS) is 12.5. The molecule has 0 fully saturated rings. The van der Waals surface area contributed by atoms with Gasteiger partial charge in [-0.1, -0.05) is 0 Å². The zero-order valence-corrected chi connectivity index (χ0v) is 13.9. The fourth-order valence-electron chi connectivity index (χ4n) is 2.16. The van der Waals surface area contributed by atoms with Gasteiger partial charge in [-0.15, -0.1) is 11.3 Å². The molecule has 0 aliphatic carbocycles. The van der Waals surface area contributed by atoms with E-state index >= 15 is 0 Å². The van der Waals surface area contributed by atoms with Gasteiger partial charge in [0.2, 0.25) is 0 Å². The highest BCUT2D eigenvalue weighted by atomic mass is 32.1. The average Bonchev–Trinajstić information content (AvgIpc) is 3.01. The maximum atomic E-state index is 12.3. The summed E-state index contributed by atoms with van der Waals surface area (Å²) in [5.74, 6) is 0.538. The highest BCUT2D eigenvalue weighted by Crippen LogP contribution is 2.31. The molecule has 1 amide bonds. The van der Waals surface area contributed by atoms with E-state index in [0.717, 1.165) is 0 Å². The maximum Gasteiger partial charge on any atom is 0.311 e. The van der Waals surface area contributed by atoms with Crippen LogP contribution in [0.2, 0.25) is 0 Å². The number of thiazole rings is 1. The van der Waals surface area contributed by atoms with Crippen LogP contribution in [0, 0.1) is 0 Å². The predicted octanol–water partition coefficient (Wildman–Crippen LogP) is 2.27. The third-order valence-corrected chi connectivity index (χ3v) is 4.01. The fourth-order valence-corrected chi connectivity index (χ4v) is 2.86. The number of ether oxygens (including phenoxy) is 3. The zero-order valence-electron chi connectivity index (χ0n) is 13.0. The number of nitrogens with zero attached hydrogens (tertiary/aromatic N) is 1. The average molecular weight is 348 g/mol. The lowest BCUT2D eigenvalue weighted by Crippen LogP contribution is -2.17. The van der Waals surface area contributed by atoms with E-state index in [2.05, 4.69) is 10.3 Å². The molecule has 0 saturated carbocycles. The van der Waals surface area contributed by atoms with Crippen LogP contribution >= 0.6 is 11.3 Å². The lowest BCUT2D eigenvalue weighted by Gasteiger charge is -2.18. The summed E-state index contributed by atoms with van der Waals surface area (Å²) >= 11 is 1.25. The van der Waals surface area contributed by atoms with E-state index in [9.17, 15) is 9.59 Å². The summed E-state index contributed by atoms with van der Waals surface area (Å²) < 4.78 is 15.8. The van der Waals surface area contributed by atoms with Crippen molar-refractivity contribution < 1.29 is 23.8 Å². The number of hydrogen-bond acceptors (Lipinski definition) is 7. The Bertz CT molecular complexity index is 759. The highest BCUT2D eigenvalue weighted by Gasteiger charge is 2.16. The van der Waals surface area contributed by atoms with E-state index in [4.69, 9.17) is 14.2 Å². The number of nitrogens with one attached hydrogen (secondary N) is 1. The van der Waals surface area contributed by atoms with Gasteiger partial charge in [-0.05, 0) is 25.1 Å². The predicted molar refractivity (Wildman–Crippen MR) is 87.8 cm³/mol. The van der Waals surface area contributed by atoms with Crippen molar-refractivity contribution in [3.8, 4) is 11.5 Å². The SMILES string of the molecule is CCOC(=O)Cc1csc(NC(=O)c2ccc3c(c2)OCCO3)n1. The number of anilines is 1. The molecule has 0 atom stereocenters. The minimum Gasteiger partial charge on any atom is -0.486 e. The molecule has 0 bridgehead atoms. The fraction of sp³-hybridized carbons (Fsp3) is 0.312. The van der Waals surface area contributed by atoms with E-state index in [0.29, 0.717) is 47.7 Å². The van der Waals surface area contributed by atoms with Crippen LogP contribution in [0.1, 0.15) is 23.0 Å². The lowest BCUT2D eigenvalue weighted by molar-refractivity contribution is -0.142. The van der Waals surface area contributed by atoms with Crippen LogP contribution in [0.15, 0.2) is 23.6 Å². The summed E-state index contributed by atoms with van der Waals surface area (Å²) in [6.07, 6.45) is 0.0875. The topological polar surface area (TPSA) is 86.8 Å². The van der Waals surface area contributed by atoms with Crippen molar-refractivity contribution in [2.24, 2.45) is 0 Å². The van der Waals surface area contributed by atoms with Gasteiger partial charge >= 0.3 is 5.97 Å². The number of rotatable bonds is 5. The van der Waals surface area contributed by atoms with Crippen LogP contribution in [-0.2, 0) is 16.0 Å². The van der Waals surface area contributed by atoms with E-state index in [1.54, 1.807) is 30.5 Å². The largest absolute Gasteiger partial charge is 0.486 e. The molecule has 0 spiro atoms. The molecule has 0 unspecified atom stereocenters. The Labute approximate surface area is 142 Å². The van der Waals surface area contributed by atoms with Gasteiger partial charge < -0.3 is 14.2 Å². The summed E-state index contributed by atoms with van der Waals surface area (Å²) in [5, 5.41) is 4.85. The maximum absolute atomic E-state index is 12.3. The number of carbonyl (C=O) groups is 2. The van der Waals surface area contributed by atoms with Gasteiger partial charge in [-0.25, -0.2) is 4.98 Å². The molecule has 3 rings (SSSR count). The first kappa shape index (κ1) is 16.3. The monoisotopic (exact) mass is 348 g/mol. The number of esters is 1. The van der Waals surface area contributed by atoms with Gasteiger partial charge in [0.25, 0.3) is 5.91 Å². The van der Waals surface area contributed by atoms with E-state index < -0.39 is 0 Å². The molecule has 8 heteroatoms. The second-order valence-electron chi connectivity index (χ2n) is 4.94. The quantitative estimate of drug-likeness (QED) is 0.834. The summed E-state index contributed by atoms with van der Waals surface area (Å²) in [6, 6.07) is 5.00. The molecule has 0 radical (unpaired) electrons. The zero-order chi connectivity index (χ0) is 16.9. The first-order chi connectivity index (χ1) is 11.7. The molecule has 1 aromatic carbocycles. The van der Waals surface area contributed by atoms with E-state index in [-0.39, 0.29) is 18.3 Å². The molecular weight excluding hydrogens is 332 g/mol. The number of carbonyl (C=O) groups excluding carboxylic acids is 2. The van der Waals surface area contributed by atoms with Gasteiger partial charge in [-0.3, -0.25) is 14.9 Å². The van der Waals surface area contributed by atoms with Crippen LogP contribution in [0.4, 0.5) is 5.13 Å². The van der Waals surface area contributed by atoms with Crippen molar-refractivity contribution in [1.82, 2.24) is 4.98 Å². The van der Waals surface area contributed by atoms with Crippen molar-refractivity contribution >= 4 is 28.3 Å². The Balaban J connectivity index is 1.64. The van der Waals surface area contributed by atoms with Gasteiger partial charge in [0.05, 0.1) is 18.7 Å². The summed E-state index contributed by atoms with van der Waals surface area (Å²) in [5.41, 5.74) is 1.01. The molecule has 1 aromatic heterocycles. The van der Waals surface area contributed by atoms with Crippen LogP contribution < -0.4 is 14.8 Å². The van der Waals surface area contributed by atoms with E-state index in [1.807, 2.05) is 0 Å². The Morgan fingerprint density at radius 2 is 2.08 bits per heavy atom.